The Balaban J connectivity index is 1.92. The van der Waals surface area contributed by atoms with Crippen molar-refractivity contribution < 1.29 is 18.3 Å². The Bertz CT molecular complexity index is 1110. The van der Waals surface area contributed by atoms with Crippen LogP contribution in [-0.4, -0.2) is 7.11 Å². The van der Waals surface area contributed by atoms with Crippen molar-refractivity contribution in [2.45, 2.75) is 6.61 Å². The maximum absolute atomic E-state index is 14.1. The number of hydrogen-bond acceptors (Lipinski definition) is 3. The lowest BCUT2D eigenvalue weighted by Gasteiger charge is -2.13. The van der Waals surface area contributed by atoms with Crippen LogP contribution in [0.2, 0.25) is 0 Å². The molecule has 0 spiro atoms. The highest BCUT2D eigenvalue weighted by Gasteiger charge is 2.13. The van der Waals surface area contributed by atoms with Crippen LogP contribution in [0.3, 0.4) is 0 Å². The fourth-order valence-electron chi connectivity index (χ4n) is 2.73. The van der Waals surface area contributed by atoms with Gasteiger partial charge in [0.25, 0.3) is 0 Å². The molecular weight excluding hydrogens is 440 g/mol. The van der Waals surface area contributed by atoms with Crippen LogP contribution in [0.4, 0.5) is 8.78 Å². The van der Waals surface area contributed by atoms with Gasteiger partial charge in [-0.3, -0.25) is 0 Å². The molecule has 3 nitrogen and oxygen atoms in total. The number of ether oxygens (including phenoxy) is 2. The Hall–Kier alpha value is -3.17. The van der Waals surface area contributed by atoms with Gasteiger partial charge < -0.3 is 9.47 Å². The maximum Gasteiger partial charge on any atom is 0.162 e. The summed E-state index contributed by atoms with van der Waals surface area (Å²) >= 11 is 3.45. The molecule has 0 radical (unpaired) electrons. The van der Waals surface area contributed by atoms with Crippen LogP contribution >= 0.6 is 15.9 Å². The van der Waals surface area contributed by atoms with E-state index >= 15 is 0 Å². The van der Waals surface area contributed by atoms with Crippen LogP contribution in [0.25, 0.3) is 11.6 Å². The fourth-order valence-corrected chi connectivity index (χ4v) is 3.16. The summed E-state index contributed by atoms with van der Waals surface area (Å²) in [7, 11) is 1.49. The summed E-state index contributed by atoms with van der Waals surface area (Å²) in [6.07, 6.45) is 1.57. The van der Waals surface area contributed by atoms with Crippen molar-refractivity contribution in [3.05, 3.63) is 93.5 Å². The highest BCUT2D eigenvalue weighted by Crippen LogP contribution is 2.36. The minimum Gasteiger partial charge on any atom is -0.493 e. The second-order valence-corrected chi connectivity index (χ2v) is 6.95. The lowest BCUT2D eigenvalue weighted by atomic mass is 10.0. The van der Waals surface area contributed by atoms with Gasteiger partial charge in [-0.05, 0) is 47.5 Å². The molecule has 0 aliphatic rings. The van der Waals surface area contributed by atoms with E-state index in [2.05, 4.69) is 15.9 Å². The van der Waals surface area contributed by atoms with Crippen LogP contribution in [0, 0.1) is 23.0 Å². The highest BCUT2D eigenvalue weighted by atomic mass is 79.9. The average Bonchev–Trinajstić information content (AvgIpc) is 2.72. The summed E-state index contributed by atoms with van der Waals surface area (Å²) in [4.78, 5) is 0. The van der Waals surface area contributed by atoms with Gasteiger partial charge in [0, 0.05) is 10.0 Å². The third-order valence-corrected chi connectivity index (χ3v) is 4.84. The third kappa shape index (κ3) is 5.01. The summed E-state index contributed by atoms with van der Waals surface area (Å²) in [5, 5.41) is 9.48. The first-order valence-electron chi connectivity index (χ1n) is 8.63. The molecule has 0 bridgehead atoms. The number of rotatable bonds is 6. The van der Waals surface area contributed by atoms with Crippen molar-refractivity contribution in [2.75, 3.05) is 7.11 Å². The van der Waals surface area contributed by atoms with Crippen molar-refractivity contribution in [3.8, 4) is 17.6 Å². The van der Waals surface area contributed by atoms with Crippen molar-refractivity contribution >= 4 is 27.6 Å². The Morgan fingerprint density at radius 2 is 1.86 bits per heavy atom. The zero-order valence-corrected chi connectivity index (χ0v) is 17.0. The molecule has 0 atom stereocenters. The third-order valence-electron chi connectivity index (χ3n) is 4.15. The number of halogens is 3. The zero-order valence-electron chi connectivity index (χ0n) is 15.5. The molecule has 3 rings (SSSR count). The van der Waals surface area contributed by atoms with Gasteiger partial charge >= 0.3 is 0 Å². The van der Waals surface area contributed by atoms with E-state index in [1.54, 1.807) is 48.5 Å². The van der Waals surface area contributed by atoms with Gasteiger partial charge in [0.15, 0.2) is 11.5 Å². The van der Waals surface area contributed by atoms with E-state index in [1.165, 1.54) is 25.3 Å². The second kappa shape index (κ2) is 9.35. The van der Waals surface area contributed by atoms with Gasteiger partial charge in [-0.15, -0.1) is 0 Å². The number of allylic oxidation sites excluding steroid dienone is 1. The SMILES string of the molecule is COc1cc(C=C(C#N)c2ccccc2F)c(Br)cc1OCc1cccc(F)c1. The minimum atomic E-state index is -0.474. The van der Waals surface area contributed by atoms with Gasteiger partial charge in [0.1, 0.15) is 18.2 Å². The van der Waals surface area contributed by atoms with Crippen LogP contribution in [0.5, 0.6) is 11.5 Å². The van der Waals surface area contributed by atoms with Crippen molar-refractivity contribution in [1.82, 2.24) is 0 Å². The summed E-state index contributed by atoms with van der Waals surface area (Å²) in [5.74, 6) is 0.0715. The standard InChI is InChI=1S/C23H16BrF2NO2/c1-28-22-11-16(10-17(13-27)19-7-2-3-8-21(19)26)20(24)12-23(22)29-14-15-5-4-6-18(25)9-15/h2-12H,14H2,1H3. The molecule has 0 fully saturated rings. The molecule has 0 aliphatic carbocycles. The monoisotopic (exact) mass is 455 g/mol. The first-order valence-corrected chi connectivity index (χ1v) is 9.42. The van der Waals surface area contributed by atoms with Gasteiger partial charge in [-0.1, -0.05) is 46.3 Å². The Kier molecular flexibility index (Phi) is 6.63. The maximum atomic E-state index is 14.1. The molecule has 0 aliphatic heterocycles. The van der Waals surface area contributed by atoms with Gasteiger partial charge in [0.05, 0.1) is 18.8 Å². The number of nitriles is 1. The topological polar surface area (TPSA) is 42.2 Å². The lowest BCUT2D eigenvalue weighted by Crippen LogP contribution is -1.99. The van der Waals surface area contributed by atoms with E-state index in [9.17, 15) is 14.0 Å². The van der Waals surface area contributed by atoms with Crippen molar-refractivity contribution in [1.29, 1.82) is 5.26 Å². The normalized spacial score (nSPS) is 11.1. The molecule has 0 heterocycles. The van der Waals surface area contributed by atoms with Crippen LogP contribution in [-0.2, 0) is 6.61 Å². The lowest BCUT2D eigenvalue weighted by molar-refractivity contribution is 0.284. The molecule has 146 valence electrons. The van der Waals surface area contributed by atoms with Gasteiger partial charge in [0.2, 0.25) is 0 Å². The Labute approximate surface area is 175 Å². The van der Waals surface area contributed by atoms with E-state index in [-0.39, 0.29) is 23.6 Å². The molecule has 0 N–H and O–H groups in total. The largest absolute Gasteiger partial charge is 0.493 e. The van der Waals surface area contributed by atoms with Gasteiger partial charge in [-0.2, -0.15) is 5.26 Å². The summed E-state index contributed by atoms with van der Waals surface area (Å²) in [6, 6.07) is 17.6. The van der Waals surface area contributed by atoms with E-state index < -0.39 is 5.82 Å². The molecule has 0 amide bonds. The summed E-state index contributed by atoms with van der Waals surface area (Å²) in [5.41, 5.74) is 1.70. The first kappa shape index (κ1) is 20.6. The molecule has 6 heteroatoms. The highest BCUT2D eigenvalue weighted by molar-refractivity contribution is 9.10. The number of benzene rings is 3. The number of hydrogen-bond donors (Lipinski definition) is 0. The second-order valence-electron chi connectivity index (χ2n) is 6.09. The molecule has 3 aromatic rings. The molecule has 0 aromatic heterocycles. The van der Waals surface area contributed by atoms with Crippen molar-refractivity contribution in [2.24, 2.45) is 0 Å². The average molecular weight is 456 g/mol. The number of methoxy groups -OCH3 is 1. The first-order chi connectivity index (χ1) is 14.0. The van der Waals surface area contributed by atoms with Gasteiger partial charge in [-0.25, -0.2) is 8.78 Å². The van der Waals surface area contributed by atoms with E-state index in [1.807, 2.05) is 6.07 Å². The predicted octanol–water partition coefficient (Wildman–Crippen LogP) is 6.38. The van der Waals surface area contributed by atoms with E-state index in [0.29, 0.717) is 27.1 Å². The van der Waals surface area contributed by atoms with Crippen molar-refractivity contribution in [3.63, 3.8) is 0 Å². The van der Waals surface area contributed by atoms with Crippen LogP contribution in [0.1, 0.15) is 16.7 Å². The zero-order chi connectivity index (χ0) is 20.8. The van der Waals surface area contributed by atoms with Crippen LogP contribution < -0.4 is 9.47 Å². The molecule has 0 saturated heterocycles. The number of nitrogens with zero attached hydrogens (tertiary/aromatic N) is 1. The summed E-state index contributed by atoms with van der Waals surface area (Å²) < 4.78 is 39.2. The summed E-state index contributed by atoms with van der Waals surface area (Å²) in [6.45, 7) is 0.161. The molecular formula is C23H16BrF2NO2. The molecule has 0 unspecified atom stereocenters. The minimum absolute atomic E-state index is 0.161. The van der Waals surface area contributed by atoms with E-state index in [4.69, 9.17) is 9.47 Å². The quantitative estimate of drug-likeness (QED) is 0.319. The Morgan fingerprint density at radius 3 is 2.55 bits per heavy atom. The van der Waals surface area contributed by atoms with Crippen LogP contribution in [0.15, 0.2) is 65.1 Å². The molecule has 29 heavy (non-hydrogen) atoms. The van der Waals surface area contributed by atoms with E-state index in [0.717, 1.165) is 0 Å². The Morgan fingerprint density at radius 1 is 1.07 bits per heavy atom. The molecule has 3 aromatic carbocycles. The predicted molar refractivity (Wildman–Crippen MR) is 111 cm³/mol. The smallest absolute Gasteiger partial charge is 0.162 e. The fraction of sp³-hybridized carbons (Fsp3) is 0.0870. The molecule has 0 saturated carbocycles.